The predicted octanol–water partition coefficient (Wildman–Crippen LogP) is 4.85. The molecular weight excluding hydrogens is 430 g/mol. The standard InChI is InChI=1S/C24H20ClN3O2S/c25-20-7-3-4-16(12-20)10-11-26-24(30)21-15-31-22(28-21)14-27-23(29)19-9-8-17-5-1-2-6-18(17)13-19/h1-9,12-13,15H,10-11,14H2,(H,26,30)(H,27,29). The average molecular weight is 450 g/mol. The van der Waals surface area contributed by atoms with Crippen LogP contribution in [0.1, 0.15) is 31.4 Å². The third kappa shape index (κ3) is 5.48. The Morgan fingerprint density at radius 2 is 1.74 bits per heavy atom. The van der Waals surface area contributed by atoms with Crippen LogP contribution in [0.3, 0.4) is 0 Å². The molecule has 2 N–H and O–H groups in total. The Balaban J connectivity index is 1.28. The highest BCUT2D eigenvalue weighted by Gasteiger charge is 2.12. The number of amides is 2. The van der Waals surface area contributed by atoms with Crippen LogP contribution in [0, 0.1) is 0 Å². The molecule has 0 radical (unpaired) electrons. The maximum Gasteiger partial charge on any atom is 0.270 e. The number of thiazole rings is 1. The Morgan fingerprint density at radius 1 is 0.903 bits per heavy atom. The van der Waals surface area contributed by atoms with E-state index in [2.05, 4.69) is 15.6 Å². The molecule has 0 aliphatic heterocycles. The van der Waals surface area contributed by atoms with Gasteiger partial charge in [-0.15, -0.1) is 11.3 Å². The van der Waals surface area contributed by atoms with E-state index in [-0.39, 0.29) is 18.4 Å². The zero-order chi connectivity index (χ0) is 21.6. The Kier molecular flexibility index (Phi) is 6.60. The van der Waals surface area contributed by atoms with Gasteiger partial charge in [-0.3, -0.25) is 9.59 Å². The quantitative estimate of drug-likeness (QED) is 0.423. The van der Waals surface area contributed by atoms with Gasteiger partial charge >= 0.3 is 0 Å². The van der Waals surface area contributed by atoms with Gasteiger partial charge < -0.3 is 10.6 Å². The van der Waals surface area contributed by atoms with Crippen LogP contribution in [0.4, 0.5) is 0 Å². The summed E-state index contributed by atoms with van der Waals surface area (Å²) in [5, 5.41) is 10.9. The van der Waals surface area contributed by atoms with Gasteiger partial charge in [0.2, 0.25) is 0 Å². The van der Waals surface area contributed by atoms with Crippen molar-refractivity contribution < 1.29 is 9.59 Å². The molecule has 5 nitrogen and oxygen atoms in total. The molecule has 4 rings (SSSR count). The van der Waals surface area contributed by atoms with Gasteiger partial charge in [-0.1, -0.05) is 54.1 Å². The molecule has 0 bridgehead atoms. The molecule has 7 heteroatoms. The van der Waals surface area contributed by atoms with Gasteiger partial charge in [0, 0.05) is 22.5 Å². The lowest BCUT2D eigenvalue weighted by Gasteiger charge is -2.05. The molecule has 0 aliphatic carbocycles. The fourth-order valence-electron chi connectivity index (χ4n) is 3.19. The third-order valence-electron chi connectivity index (χ3n) is 4.78. The fourth-order valence-corrected chi connectivity index (χ4v) is 4.12. The normalized spacial score (nSPS) is 10.7. The summed E-state index contributed by atoms with van der Waals surface area (Å²) in [6, 6.07) is 21.1. The molecule has 0 saturated carbocycles. The first-order valence-electron chi connectivity index (χ1n) is 9.82. The molecule has 0 unspecified atom stereocenters. The van der Waals surface area contributed by atoms with E-state index in [1.807, 2.05) is 60.7 Å². The molecule has 0 atom stereocenters. The van der Waals surface area contributed by atoms with E-state index >= 15 is 0 Å². The van der Waals surface area contributed by atoms with E-state index in [9.17, 15) is 9.59 Å². The van der Waals surface area contributed by atoms with E-state index in [0.29, 0.717) is 34.3 Å². The molecule has 31 heavy (non-hydrogen) atoms. The molecule has 0 aliphatic rings. The van der Waals surface area contributed by atoms with Crippen LogP contribution in [0.5, 0.6) is 0 Å². The summed E-state index contributed by atoms with van der Waals surface area (Å²) in [6.07, 6.45) is 0.686. The minimum absolute atomic E-state index is 0.173. The molecule has 0 fully saturated rings. The number of hydrogen-bond donors (Lipinski definition) is 2. The molecule has 0 spiro atoms. The highest BCUT2D eigenvalue weighted by molar-refractivity contribution is 7.09. The molecule has 3 aromatic carbocycles. The first-order valence-corrected chi connectivity index (χ1v) is 11.1. The molecular formula is C24H20ClN3O2S. The number of halogens is 1. The second-order valence-corrected chi connectivity index (χ2v) is 8.39. The minimum atomic E-state index is -0.231. The topological polar surface area (TPSA) is 71.1 Å². The summed E-state index contributed by atoms with van der Waals surface area (Å²) in [4.78, 5) is 29.1. The maximum atomic E-state index is 12.5. The molecule has 1 aromatic heterocycles. The van der Waals surface area contributed by atoms with Gasteiger partial charge in [0.25, 0.3) is 11.8 Å². The number of hydrogen-bond acceptors (Lipinski definition) is 4. The molecule has 156 valence electrons. The number of rotatable bonds is 7. The fraction of sp³-hybridized carbons (Fsp3) is 0.125. The number of fused-ring (bicyclic) bond motifs is 1. The summed E-state index contributed by atoms with van der Waals surface area (Å²) in [5.41, 5.74) is 2.00. The van der Waals surface area contributed by atoms with Crippen molar-refractivity contribution in [3.8, 4) is 0 Å². The summed E-state index contributed by atoms with van der Waals surface area (Å²) < 4.78 is 0. The van der Waals surface area contributed by atoms with Crippen LogP contribution in [-0.2, 0) is 13.0 Å². The second-order valence-electron chi connectivity index (χ2n) is 7.01. The summed E-state index contributed by atoms with van der Waals surface area (Å²) >= 11 is 7.32. The van der Waals surface area contributed by atoms with E-state index in [4.69, 9.17) is 11.6 Å². The van der Waals surface area contributed by atoms with Gasteiger partial charge in [0.1, 0.15) is 10.7 Å². The van der Waals surface area contributed by atoms with Crippen molar-refractivity contribution in [1.29, 1.82) is 0 Å². The van der Waals surface area contributed by atoms with Crippen molar-refractivity contribution in [3.05, 3.63) is 99.0 Å². The first kappa shape index (κ1) is 21.0. The van der Waals surface area contributed by atoms with E-state index in [1.165, 1.54) is 11.3 Å². The monoisotopic (exact) mass is 449 g/mol. The molecule has 0 saturated heterocycles. The number of benzene rings is 3. The Bertz CT molecular complexity index is 1240. The van der Waals surface area contributed by atoms with Crippen LogP contribution in [0.15, 0.2) is 72.1 Å². The van der Waals surface area contributed by atoms with Crippen molar-refractivity contribution in [2.45, 2.75) is 13.0 Å². The lowest BCUT2D eigenvalue weighted by Crippen LogP contribution is -2.26. The van der Waals surface area contributed by atoms with Gasteiger partial charge in [0.05, 0.1) is 6.54 Å². The van der Waals surface area contributed by atoms with Crippen LogP contribution >= 0.6 is 22.9 Å². The largest absolute Gasteiger partial charge is 0.350 e. The highest BCUT2D eigenvalue weighted by atomic mass is 35.5. The lowest BCUT2D eigenvalue weighted by molar-refractivity contribution is 0.0945. The van der Waals surface area contributed by atoms with Crippen molar-refractivity contribution in [1.82, 2.24) is 15.6 Å². The van der Waals surface area contributed by atoms with Gasteiger partial charge in [-0.25, -0.2) is 4.98 Å². The van der Waals surface area contributed by atoms with Crippen molar-refractivity contribution in [2.24, 2.45) is 0 Å². The minimum Gasteiger partial charge on any atom is -0.350 e. The SMILES string of the molecule is O=C(NCc1nc(C(=O)NCCc2cccc(Cl)c2)cs1)c1ccc2ccccc2c1. The van der Waals surface area contributed by atoms with E-state index in [0.717, 1.165) is 16.3 Å². The summed E-state index contributed by atoms with van der Waals surface area (Å²) in [5.74, 6) is -0.404. The lowest BCUT2D eigenvalue weighted by atomic mass is 10.1. The number of carbonyl (C=O) groups excluding carboxylic acids is 2. The maximum absolute atomic E-state index is 12.5. The number of aromatic nitrogens is 1. The van der Waals surface area contributed by atoms with Gasteiger partial charge in [-0.2, -0.15) is 0 Å². The smallest absolute Gasteiger partial charge is 0.270 e. The summed E-state index contributed by atoms with van der Waals surface area (Å²) in [7, 11) is 0. The zero-order valence-electron chi connectivity index (χ0n) is 16.6. The first-order chi connectivity index (χ1) is 15.1. The van der Waals surface area contributed by atoms with Crippen LogP contribution in [0.2, 0.25) is 5.02 Å². The second kappa shape index (κ2) is 9.73. The molecule has 1 heterocycles. The van der Waals surface area contributed by atoms with Crippen LogP contribution < -0.4 is 10.6 Å². The zero-order valence-corrected chi connectivity index (χ0v) is 18.2. The van der Waals surface area contributed by atoms with E-state index in [1.54, 1.807) is 11.4 Å². The van der Waals surface area contributed by atoms with Gasteiger partial charge in [0.15, 0.2) is 0 Å². The molecule has 2 amide bonds. The Morgan fingerprint density at radius 3 is 2.58 bits per heavy atom. The van der Waals surface area contributed by atoms with E-state index < -0.39 is 0 Å². The van der Waals surface area contributed by atoms with Crippen molar-refractivity contribution in [2.75, 3.05) is 6.54 Å². The third-order valence-corrected chi connectivity index (χ3v) is 5.87. The average Bonchev–Trinajstić information content (AvgIpc) is 3.26. The summed E-state index contributed by atoms with van der Waals surface area (Å²) in [6.45, 7) is 0.761. The highest BCUT2D eigenvalue weighted by Crippen LogP contribution is 2.16. The Hall–Kier alpha value is -3.22. The molecule has 4 aromatic rings. The predicted molar refractivity (Wildman–Crippen MR) is 125 cm³/mol. The number of nitrogens with zero attached hydrogens (tertiary/aromatic N) is 1. The van der Waals surface area contributed by atoms with Crippen LogP contribution in [0.25, 0.3) is 10.8 Å². The number of nitrogens with one attached hydrogen (secondary N) is 2. The van der Waals surface area contributed by atoms with Crippen molar-refractivity contribution in [3.63, 3.8) is 0 Å². The number of carbonyl (C=O) groups is 2. The van der Waals surface area contributed by atoms with Gasteiger partial charge in [-0.05, 0) is 47.0 Å². The van der Waals surface area contributed by atoms with Crippen molar-refractivity contribution >= 4 is 45.5 Å². The van der Waals surface area contributed by atoms with Crippen LogP contribution in [-0.4, -0.2) is 23.3 Å². The Labute approximate surface area is 189 Å².